The Labute approximate surface area is 157 Å². The van der Waals surface area contributed by atoms with Crippen molar-refractivity contribution in [3.63, 3.8) is 0 Å². The molecule has 0 spiro atoms. The van der Waals surface area contributed by atoms with Crippen LogP contribution in [-0.4, -0.2) is 30.0 Å². The Bertz CT molecular complexity index is 849. The molecule has 0 unspecified atom stereocenters. The fraction of sp³-hybridized carbons (Fsp3) is 0.300. The average molecular weight is 370 g/mol. The molecule has 0 bridgehead atoms. The SMILES string of the molecule is O=C(OCc1ccc(Cl)cc1)N1CCN=C1Nc1cccc2c1CCC2. The molecule has 1 heterocycles. The smallest absolute Gasteiger partial charge is 0.417 e. The van der Waals surface area contributed by atoms with Crippen molar-refractivity contribution in [2.75, 3.05) is 18.4 Å². The first-order valence-corrected chi connectivity index (χ1v) is 9.19. The summed E-state index contributed by atoms with van der Waals surface area (Å²) >= 11 is 5.87. The molecule has 5 nitrogen and oxygen atoms in total. The monoisotopic (exact) mass is 369 g/mol. The minimum absolute atomic E-state index is 0.209. The number of hydrogen-bond acceptors (Lipinski definition) is 4. The minimum atomic E-state index is -0.392. The molecule has 0 saturated heterocycles. The molecule has 0 fully saturated rings. The second kappa shape index (κ2) is 7.38. The van der Waals surface area contributed by atoms with Gasteiger partial charge in [0.25, 0.3) is 0 Å². The maximum atomic E-state index is 12.5. The number of halogens is 1. The zero-order valence-corrected chi connectivity index (χ0v) is 15.1. The molecule has 0 radical (unpaired) electrons. The maximum Gasteiger partial charge on any atom is 0.417 e. The number of ether oxygens (including phenoxy) is 1. The number of nitrogens with zero attached hydrogens (tertiary/aromatic N) is 2. The molecule has 4 rings (SSSR count). The summed E-state index contributed by atoms with van der Waals surface area (Å²) in [6.07, 6.45) is 2.96. The summed E-state index contributed by atoms with van der Waals surface area (Å²) in [6, 6.07) is 13.5. The predicted octanol–water partition coefficient (Wildman–Crippen LogP) is 4.25. The number of carbonyl (C=O) groups excluding carboxylic acids is 1. The second-order valence-electron chi connectivity index (χ2n) is 6.46. The fourth-order valence-corrected chi connectivity index (χ4v) is 3.52. The number of aliphatic imine (C=N–C) groups is 1. The average Bonchev–Trinajstić information content (AvgIpc) is 3.31. The van der Waals surface area contributed by atoms with Crippen LogP contribution in [0.15, 0.2) is 47.5 Å². The lowest BCUT2D eigenvalue weighted by Crippen LogP contribution is -2.38. The number of benzene rings is 2. The van der Waals surface area contributed by atoms with E-state index in [1.165, 1.54) is 17.5 Å². The number of aryl methyl sites for hydroxylation is 1. The van der Waals surface area contributed by atoms with E-state index in [9.17, 15) is 4.79 Å². The molecule has 0 aromatic heterocycles. The molecule has 26 heavy (non-hydrogen) atoms. The van der Waals surface area contributed by atoms with Gasteiger partial charge in [-0.15, -0.1) is 0 Å². The normalized spacial score (nSPS) is 15.6. The Morgan fingerprint density at radius 1 is 1.19 bits per heavy atom. The van der Waals surface area contributed by atoms with E-state index >= 15 is 0 Å². The quantitative estimate of drug-likeness (QED) is 0.880. The van der Waals surface area contributed by atoms with Gasteiger partial charge in [0.1, 0.15) is 6.61 Å². The number of rotatable bonds is 3. The lowest BCUT2D eigenvalue weighted by atomic mass is 10.1. The molecule has 0 atom stereocenters. The summed E-state index contributed by atoms with van der Waals surface area (Å²) in [5, 5.41) is 4.00. The Morgan fingerprint density at radius 2 is 2.04 bits per heavy atom. The van der Waals surface area contributed by atoms with E-state index in [1.807, 2.05) is 24.3 Å². The highest BCUT2D eigenvalue weighted by Gasteiger charge is 2.26. The van der Waals surface area contributed by atoms with Gasteiger partial charge in [-0.3, -0.25) is 4.99 Å². The third kappa shape index (κ3) is 3.53. The van der Waals surface area contributed by atoms with Gasteiger partial charge in [-0.25, -0.2) is 9.69 Å². The Balaban J connectivity index is 1.41. The number of amides is 1. The van der Waals surface area contributed by atoms with Crippen molar-refractivity contribution in [2.24, 2.45) is 4.99 Å². The molecular weight excluding hydrogens is 350 g/mol. The highest BCUT2D eigenvalue weighted by molar-refractivity contribution is 6.30. The molecule has 1 amide bonds. The topological polar surface area (TPSA) is 53.9 Å². The number of hydrogen-bond donors (Lipinski definition) is 1. The molecule has 6 heteroatoms. The van der Waals surface area contributed by atoms with E-state index < -0.39 is 6.09 Å². The predicted molar refractivity (Wildman–Crippen MR) is 103 cm³/mol. The Kier molecular flexibility index (Phi) is 4.80. The third-order valence-corrected chi connectivity index (χ3v) is 4.98. The molecule has 134 valence electrons. The first-order chi connectivity index (χ1) is 12.7. The van der Waals surface area contributed by atoms with Gasteiger partial charge in [0.15, 0.2) is 0 Å². The van der Waals surface area contributed by atoms with Gasteiger partial charge >= 0.3 is 6.09 Å². The largest absolute Gasteiger partial charge is 0.444 e. The number of guanidine groups is 1. The van der Waals surface area contributed by atoms with Gasteiger partial charge in [-0.05, 0) is 54.2 Å². The molecule has 1 aliphatic carbocycles. The van der Waals surface area contributed by atoms with Crippen molar-refractivity contribution in [1.82, 2.24) is 4.90 Å². The summed E-state index contributed by atoms with van der Waals surface area (Å²) in [5.41, 5.74) is 4.65. The van der Waals surface area contributed by atoms with Crippen molar-refractivity contribution in [1.29, 1.82) is 0 Å². The van der Waals surface area contributed by atoms with E-state index in [4.69, 9.17) is 16.3 Å². The van der Waals surface area contributed by atoms with Crippen LogP contribution in [0.5, 0.6) is 0 Å². The van der Waals surface area contributed by atoms with Crippen LogP contribution < -0.4 is 5.32 Å². The Morgan fingerprint density at radius 3 is 2.88 bits per heavy atom. The lowest BCUT2D eigenvalue weighted by molar-refractivity contribution is 0.118. The van der Waals surface area contributed by atoms with Crippen LogP contribution in [0.3, 0.4) is 0 Å². The Hall–Kier alpha value is -2.53. The van der Waals surface area contributed by atoms with Crippen molar-refractivity contribution < 1.29 is 9.53 Å². The van der Waals surface area contributed by atoms with Gasteiger partial charge in [0.05, 0.1) is 13.1 Å². The summed E-state index contributed by atoms with van der Waals surface area (Å²) in [4.78, 5) is 18.5. The number of nitrogens with one attached hydrogen (secondary N) is 1. The van der Waals surface area contributed by atoms with Crippen LogP contribution in [0.2, 0.25) is 5.02 Å². The van der Waals surface area contributed by atoms with E-state index in [0.717, 1.165) is 24.1 Å². The third-order valence-electron chi connectivity index (χ3n) is 4.73. The molecule has 1 aliphatic heterocycles. The number of anilines is 1. The molecule has 2 aromatic rings. The molecule has 0 saturated carbocycles. The first-order valence-electron chi connectivity index (χ1n) is 8.82. The highest BCUT2D eigenvalue weighted by atomic mass is 35.5. The molecule has 1 N–H and O–H groups in total. The van der Waals surface area contributed by atoms with Crippen molar-refractivity contribution in [3.05, 3.63) is 64.2 Å². The number of carbonyl (C=O) groups is 1. The van der Waals surface area contributed by atoms with Crippen LogP contribution in [-0.2, 0) is 24.2 Å². The van der Waals surface area contributed by atoms with Crippen molar-refractivity contribution in [2.45, 2.75) is 25.9 Å². The van der Waals surface area contributed by atoms with Crippen LogP contribution in [0.1, 0.15) is 23.1 Å². The van der Waals surface area contributed by atoms with Gasteiger partial charge < -0.3 is 10.1 Å². The number of fused-ring (bicyclic) bond motifs is 1. The molecule has 2 aliphatic rings. The summed E-state index contributed by atoms with van der Waals surface area (Å²) in [6.45, 7) is 1.31. The zero-order chi connectivity index (χ0) is 17.9. The van der Waals surface area contributed by atoms with Crippen molar-refractivity contribution >= 4 is 29.3 Å². The highest BCUT2D eigenvalue weighted by Crippen LogP contribution is 2.29. The van der Waals surface area contributed by atoms with Crippen LogP contribution in [0, 0.1) is 0 Å². The van der Waals surface area contributed by atoms with Crippen molar-refractivity contribution in [3.8, 4) is 0 Å². The summed E-state index contributed by atoms with van der Waals surface area (Å²) < 4.78 is 5.44. The van der Waals surface area contributed by atoms with Crippen LogP contribution in [0.4, 0.5) is 10.5 Å². The van der Waals surface area contributed by atoms with E-state index in [-0.39, 0.29) is 6.61 Å². The minimum Gasteiger partial charge on any atom is -0.444 e. The molecular formula is C20H20ClN3O2. The van der Waals surface area contributed by atoms with Gasteiger partial charge in [0.2, 0.25) is 5.96 Å². The molecule has 2 aromatic carbocycles. The summed E-state index contributed by atoms with van der Waals surface area (Å²) in [7, 11) is 0. The van der Waals surface area contributed by atoms with Gasteiger partial charge in [-0.1, -0.05) is 35.9 Å². The first kappa shape index (κ1) is 16.9. The summed E-state index contributed by atoms with van der Waals surface area (Å²) in [5.74, 6) is 0.561. The standard InChI is InChI=1S/C20H20ClN3O2/c21-16-9-7-14(8-10-16)13-26-20(25)24-12-11-22-19(24)23-18-6-2-4-15-3-1-5-17(15)18/h2,4,6-10H,1,3,5,11-13H2,(H,22,23). The van der Waals surface area contributed by atoms with Crippen LogP contribution in [0.25, 0.3) is 0 Å². The fourth-order valence-electron chi connectivity index (χ4n) is 3.39. The van der Waals surface area contributed by atoms with Gasteiger partial charge in [-0.2, -0.15) is 0 Å². The lowest BCUT2D eigenvalue weighted by Gasteiger charge is -2.20. The van der Waals surface area contributed by atoms with E-state index in [0.29, 0.717) is 24.1 Å². The van der Waals surface area contributed by atoms with Crippen LogP contribution >= 0.6 is 11.6 Å². The zero-order valence-electron chi connectivity index (χ0n) is 14.4. The van der Waals surface area contributed by atoms with Gasteiger partial charge in [0, 0.05) is 10.7 Å². The second-order valence-corrected chi connectivity index (χ2v) is 6.90. The van der Waals surface area contributed by atoms with E-state index in [2.05, 4.69) is 16.4 Å². The van der Waals surface area contributed by atoms with E-state index in [1.54, 1.807) is 17.0 Å². The maximum absolute atomic E-state index is 12.5.